The third-order valence-corrected chi connectivity index (χ3v) is 3.16. The van der Waals surface area contributed by atoms with Crippen LogP contribution in [0.25, 0.3) is 0 Å². The van der Waals surface area contributed by atoms with Crippen molar-refractivity contribution in [1.82, 2.24) is 0 Å². The highest BCUT2D eigenvalue weighted by Gasteiger charge is 2.10. The summed E-state index contributed by atoms with van der Waals surface area (Å²) < 4.78 is 12.8. The van der Waals surface area contributed by atoms with Crippen LogP contribution in [0.5, 0.6) is 0 Å². The molecule has 0 aliphatic rings. The number of anilines is 1. The van der Waals surface area contributed by atoms with E-state index in [2.05, 4.69) is 5.32 Å². The Kier molecular flexibility index (Phi) is 4.82. The van der Waals surface area contributed by atoms with E-state index in [0.29, 0.717) is 5.56 Å². The summed E-state index contributed by atoms with van der Waals surface area (Å²) in [7, 11) is 0. The monoisotopic (exact) mass is 285 g/mol. The number of ketones is 1. The first-order chi connectivity index (χ1) is 10.1. The number of amides is 1. The molecular formula is C17H16FNO2. The Morgan fingerprint density at radius 1 is 1.00 bits per heavy atom. The summed E-state index contributed by atoms with van der Waals surface area (Å²) in [6.45, 7) is 1.90. The first-order valence-electron chi connectivity index (χ1n) is 6.70. The first-order valence-corrected chi connectivity index (χ1v) is 6.70. The van der Waals surface area contributed by atoms with Gasteiger partial charge in [0.05, 0.1) is 0 Å². The van der Waals surface area contributed by atoms with E-state index in [1.54, 1.807) is 0 Å². The van der Waals surface area contributed by atoms with E-state index in [0.717, 1.165) is 11.3 Å². The summed E-state index contributed by atoms with van der Waals surface area (Å²) in [6, 6.07) is 12.8. The third-order valence-electron chi connectivity index (χ3n) is 3.16. The Hall–Kier alpha value is -2.49. The smallest absolute Gasteiger partial charge is 0.224 e. The molecule has 0 spiro atoms. The Balaban J connectivity index is 1.88. The molecule has 0 aliphatic carbocycles. The molecule has 0 aromatic heterocycles. The zero-order valence-corrected chi connectivity index (χ0v) is 11.7. The van der Waals surface area contributed by atoms with Crippen molar-refractivity contribution in [2.75, 3.05) is 5.32 Å². The number of carbonyl (C=O) groups excluding carboxylic acids is 2. The van der Waals surface area contributed by atoms with E-state index >= 15 is 0 Å². The van der Waals surface area contributed by atoms with Crippen LogP contribution in [0, 0.1) is 12.7 Å². The molecule has 3 nitrogen and oxygen atoms in total. The zero-order valence-electron chi connectivity index (χ0n) is 11.7. The van der Waals surface area contributed by atoms with Crippen LogP contribution in [0.2, 0.25) is 0 Å². The number of rotatable bonds is 5. The van der Waals surface area contributed by atoms with Gasteiger partial charge in [0.25, 0.3) is 0 Å². The van der Waals surface area contributed by atoms with Crippen LogP contribution in [0.1, 0.15) is 28.8 Å². The van der Waals surface area contributed by atoms with Crippen molar-refractivity contribution in [2.24, 2.45) is 0 Å². The average Bonchev–Trinajstić information content (AvgIpc) is 2.48. The molecule has 0 atom stereocenters. The van der Waals surface area contributed by atoms with Gasteiger partial charge in [-0.2, -0.15) is 0 Å². The molecule has 1 N–H and O–H groups in total. The second kappa shape index (κ2) is 6.79. The lowest BCUT2D eigenvalue weighted by atomic mass is 10.1. The van der Waals surface area contributed by atoms with Crippen LogP contribution in [-0.4, -0.2) is 11.7 Å². The molecule has 0 unspecified atom stereocenters. The number of Topliss-reactive ketones (excluding diaryl/α,β-unsaturated/α-hetero) is 1. The second-order valence-electron chi connectivity index (χ2n) is 4.79. The van der Waals surface area contributed by atoms with Crippen molar-refractivity contribution >= 4 is 17.4 Å². The number of benzene rings is 2. The number of nitrogens with one attached hydrogen (secondary N) is 1. The van der Waals surface area contributed by atoms with E-state index in [1.807, 2.05) is 31.2 Å². The maximum absolute atomic E-state index is 12.8. The number of para-hydroxylation sites is 1. The second-order valence-corrected chi connectivity index (χ2v) is 4.79. The van der Waals surface area contributed by atoms with E-state index in [1.165, 1.54) is 24.3 Å². The quantitative estimate of drug-likeness (QED) is 0.851. The van der Waals surface area contributed by atoms with Gasteiger partial charge in [0.15, 0.2) is 5.78 Å². The molecule has 21 heavy (non-hydrogen) atoms. The molecule has 0 fully saturated rings. The third kappa shape index (κ3) is 4.24. The van der Waals surface area contributed by atoms with Crippen LogP contribution in [0.15, 0.2) is 48.5 Å². The van der Waals surface area contributed by atoms with Gasteiger partial charge in [-0.1, -0.05) is 18.2 Å². The Morgan fingerprint density at radius 2 is 1.67 bits per heavy atom. The summed E-state index contributed by atoms with van der Waals surface area (Å²) >= 11 is 0. The van der Waals surface area contributed by atoms with Gasteiger partial charge >= 0.3 is 0 Å². The maximum Gasteiger partial charge on any atom is 0.224 e. The fourth-order valence-corrected chi connectivity index (χ4v) is 1.93. The molecule has 2 aromatic rings. The first kappa shape index (κ1) is 14.9. The molecule has 108 valence electrons. The molecule has 4 heteroatoms. The predicted molar refractivity (Wildman–Crippen MR) is 79.8 cm³/mol. The van der Waals surface area contributed by atoms with Gasteiger partial charge in [-0.15, -0.1) is 0 Å². The molecule has 0 aliphatic heterocycles. The molecule has 2 aromatic carbocycles. The molecule has 0 saturated heterocycles. The lowest BCUT2D eigenvalue weighted by molar-refractivity contribution is -0.116. The van der Waals surface area contributed by atoms with E-state index in [4.69, 9.17) is 0 Å². The van der Waals surface area contributed by atoms with Crippen molar-refractivity contribution in [3.63, 3.8) is 0 Å². The van der Waals surface area contributed by atoms with Crippen molar-refractivity contribution in [2.45, 2.75) is 19.8 Å². The summed E-state index contributed by atoms with van der Waals surface area (Å²) in [5.41, 5.74) is 2.13. The van der Waals surface area contributed by atoms with Crippen molar-refractivity contribution in [3.05, 3.63) is 65.5 Å². The average molecular weight is 285 g/mol. The zero-order chi connectivity index (χ0) is 15.2. The Labute approximate surface area is 122 Å². The summed E-state index contributed by atoms with van der Waals surface area (Å²) in [5, 5.41) is 2.77. The molecule has 0 heterocycles. The molecule has 1 amide bonds. The largest absolute Gasteiger partial charge is 0.326 e. The minimum atomic E-state index is -0.385. The number of carbonyl (C=O) groups is 2. The number of aryl methyl sites for hydroxylation is 1. The van der Waals surface area contributed by atoms with Crippen LogP contribution >= 0.6 is 0 Å². The predicted octanol–water partition coefficient (Wildman–Crippen LogP) is 3.74. The number of halogens is 1. The molecular weight excluding hydrogens is 269 g/mol. The van der Waals surface area contributed by atoms with Gasteiger partial charge in [-0.05, 0) is 42.8 Å². The number of hydrogen-bond donors (Lipinski definition) is 1. The normalized spacial score (nSPS) is 10.2. The fourth-order valence-electron chi connectivity index (χ4n) is 1.93. The molecule has 0 bridgehead atoms. The summed E-state index contributed by atoms with van der Waals surface area (Å²) in [6.07, 6.45) is 0.202. The number of hydrogen-bond acceptors (Lipinski definition) is 2. The van der Waals surface area contributed by atoms with Crippen LogP contribution in [-0.2, 0) is 4.79 Å². The highest BCUT2D eigenvalue weighted by atomic mass is 19.1. The van der Waals surface area contributed by atoms with Crippen molar-refractivity contribution < 1.29 is 14.0 Å². The minimum Gasteiger partial charge on any atom is -0.326 e. The van der Waals surface area contributed by atoms with E-state index in [-0.39, 0.29) is 30.3 Å². The Bertz CT molecular complexity index is 650. The van der Waals surface area contributed by atoms with Crippen molar-refractivity contribution in [3.8, 4) is 0 Å². The lowest BCUT2D eigenvalue weighted by Crippen LogP contribution is -2.14. The summed E-state index contributed by atoms with van der Waals surface area (Å²) in [4.78, 5) is 23.7. The fraction of sp³-hybridized carbons (Fsp3) is 0.176. The topological polar surface area (TPSA) is 46.2 Å². The van der Waals surface area contributed by atoms with Crippen molar-refractivity contribution in [1.29, 1.82) is 0 Å². The Morgan fingerprint density at radius 3 is 2.33 bits per heavy atom. The SMILES string of the molecule is Cc1ccccc1NC(=O)CCC(=O)c1ccc(F)cc1. The van der Waals surface area contributed by atoms with E-state index < -0.39 is 0 Å². The standard InChI is InChI=1S/C17H16FNO2/c1-12-4-2-3-5-15(12)19-17(21)11-10-16(20)13-6-8-14(18)9-7-13/h2-9H,10-11H2,1H3,(H,19,21). The van der Waals surface area contributed by atoms with Gasteiger partial charge < -0.3 is 5.32 Å². The maximum atomic E-state index is 12.8. The molecule has 2 rings (SSSR count). The van der Waals surface area contributed by atoms with Gasteiger partial charge in [-0.25, -0.2) is 4.39 Å². The van der Waals surface area contributed by atoms with Crippen LogP contribution < -0.4 is 5.32 Å². The molecule has 0 saturated carbocycles. The van der Waals surface area contributed by atoms with Gasteiger partial charge in [0, 0.05) is 24.1 Å². The van der Waals surface area contributed by atoms with Gasteiger partial charge in [0.1, 0.15) is 5.82 Å². The highest BCUT2D eigenvalue weighted by Crippen LogP contribution is 2.14. The van der Waals surface area contributed by atoms with Gasteiger partial charge in [-0.3, -0.25) is 9.59 Å². The highest BCUT2D eigenvalue weighted by molar-refractivity contribution is 6.00. The van der Waals surface area contributed by atoms with Crippen LogP contribution in [0.4, 0.5) is 10.1 Å². The lowest BCUT2D eigenvalue weighted by Gasteiger charge is -2.07. The van der Waals surface area contributed by atoms with E-state index in [9.17, 15) is 14.0 Å². The van der Waals surface area contributed by atoms with Gasteiger partial charge in [0.2, 0.25) is 5.91 Å². The van der Waals surface area contributed by atoms with Crippen LogP contribution in [0.3, 0.4) is 0 Å². The minimum absolute atomic E-state index is 0.101. The summed E-state index contributed by atoms with van der Waals surface area (Å²) in [5.74, 6) is -0.765. The molecule has 0 radical (unpaired) electrons.